The molecule has 0 saturated heterocycles. The number of Topliss-reactive ketones (excluding diaryl/α,β-unsaturated/α-hetero) is 1. The van der Waals surface area contributed by atoms with Crippen LogP contribution in [0.1, 0.15) is 77.3 Å². The number of hydrogen-bond donors (Lipinski definition) is 1. The molecular formula is C24H34N4O2. The van der Waals surface area contributed by atoms with Crippen molar-refractivity contribution in [2.75, 3.05) is 0 Å². The molecule has 8 atom stereocenters. The molecule has 4 fully saturated rings. The van der Waals surface area contributed by atoms with Gasteiger partial charge in [0.1, 0.15) is 12.6 Å². The number of aliphatic hydroxyl groups is 1. The lowest BCUT2D eigenvalue weighted by atomic mass is 9.49. The van der Waals surface area contributed by atoms with Crippen LogP contribution in [0.25, 0.3) is 0 Å². The molecule has 0 spiro atoms. The summed E-state index contributed by atoms with van der Waals surface area (Å²) in [4.78, 5) is 14.6. The third kappa shape index (κ3) is 3.21. The van der Waals surface area contributed by atoms with Crippen molar-refractivity contribution in [1.82, 2.24) is 15.0 Å². The van der Waals surface area contributed by atoms with Gasteiger partial charge in [-0.1, -0.05) is 6.92 Å². The number of nitriles is 1. The third-order valence-corrected chi connectivity index (χ3v) is 9.57. The number of ketones is 1. The first kappa shape index (κ1) is 20.2. The standard InChI is InChI=1S/C24H34N4O2/c1-23(30)9-7-17-15(11-23)3-4-19-18(17)8-10-24(2)20(19)5-6-21(24)22(29)14-28-26-13-16(12-25)27-28/h13,15,17-21,30H,3-11,14H2,1-2H3/t15-,17+,18-,19-,20+,21-,23-,24+/m1/s1. The quantitative estimate of drug-likeness (QED) is 0.819. The van der Waals surface area contributed by atoms with Crippen LogP contribution in [0.15, 0.2) is 6.20 Å². The van der Waals surface area contributed by atoms with Gasteiger partial charge >= 0.3 is 0 Å². The van der Waals surface area contributed by atoms with E-state index in [0.717, 1.165) is 43.4 Å². The zero-order chi connectivity index (χ0) is 21.1. The highest BCUT2D eigenvalue weighted by Gasteiger charge is 2.58. The fraction of sp³-hybridized carbons (Fsp3) is 0.833. The summed E-state index contributed by atoms with van der Waals surface area (Å²) >= 11 is 0. The lowest BCUT2D eigenvalue weighted by Crippen LogP contribution is -2.51. The van der Waals surface area contributed by atoms with Crippen LogP contribution >= 0.6 is 0 Å². The molecule has 4 aliphatic rings. The minimum Gasteiger partial charge on any atom is -0.390 e. The van der Waals surface area contributed by atoms with Crippen LogP contribution in [0.3, 0.4) is 0 Å². The molecule has 0 radical (unpaired) electrons. The van der Waals surface area contributed by atoms with E-state index in [4.69, 9.17) is 5.26 Å². The normalized spacial score (nSPS) is 45.1. The van der Waals surface area contributed by atoms with Gasteiger partial charge in [-0.2, -0.15) is 15.2 Å². The summed E-state index contributed by atoms with van der Waals surface area (Å²) in [6.07, 6.45) is 11.6. The highest BCUT2D eigenvalue weighted by molar-refractivity contribution is 5.82. The van der Waals surface area contributed by atoms with Crippen molar-refractivity contribution in [3.05, 3.63) is 11.9 Å². The zero-order valence-electron chi connectivity index (χ0n) is 18.3. The van der Waals surface area contributed by atoms with Crippen molar-refractivity contribution < 1.29 is 9.90 Å². The second-order valence-electron chi connectivity index (χ2n) is 11.2. The molecule has 0 amide bonds. The second kappa shape index (κ2) is 7.15. The number of nitrogens with zero attached hydrogens (tertiary/aromatic N) is 4. The van der Waals surface area contributed by atoms with E-state index in [-0.39, 0.29) is 29.4 Å². The Labute approximate surface area is 179 Å². The molecule has 0 bridgehead atoms. The SMILES string of the molecule is C[C@@]1(O)CC[C@H]2[C@H](CC[C@@H]3[C@@H]2CC[C@]2(C)[C@@H](C(=O)Cn4ncc(C#N)n4)CC[C@@H]32)C1. The summed E-state index contributed by atoms with van der Waals surface area (Å²) in [5.41, 5.74) is -0.105. The number of hydrogen-bond acceptors (Lipinski definition) is 5. The van der Waals surface area contributed by atoms with Crippen molar-refractivity contribution in [2.24, 2.45) is 40.9 Å². The van der Waals surface area contributed by atoms with Gasteiger partial charge in [0, 0.05) is 5.92 Å². The van der Waals surface area contributed by atoms with Gasteiger partial charge in [-0.15, -0.1) is 5.10 Å². The van der Waals surface area contributed by atoms with Crippen molar-refractivity contribution in [2.45, 2.75) is 83.8 Å². The number of aromatic nitrogens is 3. The minimum atomic E-state index is -0.464. The topological polar surface area (TPSA) is 91.8 Å². The summed E-state index contributed by atoms with van der Waals surface area (Å²) in [7, 11) is 0. The van der Waals surface area contributed by atoms with Crippen LogP contribution in [0, 0.1) is 52.3 Å². The Hall–Kier alpha value is -1.74. The molecule has 1 N–H and O–H groups in total. The fourth-order valence-electron chi connectivity index (χ4n) is 8.28. The molecule has 5 rings (SSSR count). The number of carbonyl (C=O) groups is 1. The van der Waals surface area contributed by atoms with Crippen molar-refractivity contribution in [1.29, 1.82) is 5.26 Å². The van der Waals surface area contributed by atoms with E-state index in [9.17, 15) is 9.90 Å². The van der Waals surface area contributed by atoms with Crippen LogP contribution in [0.2, 0.25) is 0 Å². The van der Waals surface area contributed by atoms with Crippen molar-refractivity contribution in [3.63, 3.8) is 0 Å². The third-order valence-electron chi connectivity index (χ3n) is 9.57. The Morgan fingerprint density at radius 3 is 2.73 bits per heavy atom. The maximum Gasteiger partial charge on any atom is 0.182 e. The number of fused-ring (bicyclic) bond motifs is 5. The molecule has 1 heterocycles. The molecule has 0 unspecified atom stereocenters. The van der Waals surface area contributed by atoms with Gasteiger partial charge < -0.3 is 5.11 Å². The molecule has 6 heteroatoms. The Kier molecular flexibility index (Phi) is 4.81. The number of rotatable bonds is 3. The summed E-state index contributed by atoms with van der Waals surface area (Å²) in [5, 5.41) is 27.7. The largest absolute Gasteiger partial charge is 0.390 e. The molecule has 1 aromatic rings. The molecule has 6 nitrogen and oxygen atoms in total. The smallest absolute Gasteiger partial charge is 0.182 e. The van der Waals surface area contributed by atoms with Crippen LogP contribution in [-0.4, -0.2) is 31.5 Å². The molecule has 1 aromatic heterocycles. The summed E-state index contributed by atoms with van der Waals surface area (Å²) in [5.74, 6) is 3.98. The van der Waals surface area contributed by atoms with E-state index in [0.29, 0.717) is 11.8 Å². The van der Waals surface area contributed by atoms with Gasteiger partial charge in [0.05, 0.1) is 11.8 Å². The van der Waals surface area contributed by atoms with Crippen molar-refractivity contribution >= 4 is 5.78 Å². The Balaban J connectivity index is 1.30. The van der Waals surface area contributed by atoms with Gasteiger partial charge in [0.2, 0.25) is 0 Å². The average molecular weight is 411 g/mol. The zero-order valence-corrected chi connectivity index (χ0v) is 18.3. The van der Waals surface area contributed by atoms with Crippen LogP contribution in [0.5, 0.6) is 0 Å². The summed E-state index contributed by atoms with van der Waals surface area (Å²) < 4.78 is 0. The van der Waals surface area contributed by atoms with E-state index in [2.05, 4.69) is 17.1 Å². The van der Waals surface area contributed by atoms with Crippen LogP contribution < -0.4 is 0 Å². The van der Waals surface area contributed by atoms with Gasteiger partial charge in [0.25, 0.3) is 0 Å². The number of carbonyl (C=O) groups excluding carboxylic acids is 1. The second-order valence-corrected chi connectivity index (χ2v) is 11.2. The molecule has 30 heavy (non-hydrogen) atoms. The van der Waals surface area contributed by atoms with Crippen LogP contribution in [0.4, 0.5) is 0 Å². The van der Waals surface area contributed by atoms with Crippen LogP contribution in [-0.2, 0) is 11.3 Å². The predicted octanol–water partition coefficient (Wildman–Crippen LogP) is 3.74. The van der Waals surface area contributed by atoms with Gasteiger partial charge in [-0.25, -0.2) is 0 Å². The molecule has 4 aliphatic carbocycles. The predicted molar refractivity (Wildman–Crippen MR) is 111 cm³/mol. The highest BCUT2D eigenvalue weighted by atomic mass is 16.3. The first-order valence-corrected chi connectivity index (χ1v) is 11.9. The fourth-order valence-corrected chi connectivity index (χ4v) is 8.28. The molecule has 4 saturated carbocycles. The summed E-state index contributed by atoms with van der Waals surface area (Å²) in [6.45, 7) is 4.58. The minimum absolute atomic E-state index is 0.0878. The van der Waals surface area contributed by atoms with Crippen molar-refractivity contribution in [3.8, 4) is 6.07 Å². The first-order valence-electron chi connectivity index (χ1n) is 11.9. The van der Waals surface area contributed by atoms with Gasteiger partial charge in [-0.05, 0) is 99.7 Å². The lowest BCUT2D eigenvalue weighted by Gasteiger charge is -2.56. The Morgan fingerprint density at radius 1 is 1.17 bits per heavy atom. The van der Waals surface area contributed by atoms with E-state index < -0.39 is 5.60 Å². The highest BCUT2D eigenvalue weighted by Crippen LogP contribution is 2.64. The average Bonchev–Trinajstić information content (AvgIpc) is 3.30. The first-order chi connectivity index (χ1) is 14.3. The Bertz CT molecular complexity index is 871. The molecule has 162 valence electrons. The molecular weight excluding hydrogens is 376 g/mol. The molecule has 0 aliphatic heterocycles. The van der Waals surface area contributed by atoms with Gasteiger partial charge in [-0.3, -0.25) is 4.79 Å². The van der Waals surface area contributed by atoms with Gasteiger partial charge in [0.15, 0.2) is 11.5 Å². The Morgan fingerprint density at radius 2 is 1.97 bits per heavy atom. The van der Waals surface area contributed by atoms with E-state index in [1.807, 2.05) is 13.0 Å². The molecule has 0 aromatic carbocycles. The van der Waals surface area contributed by atoms with E-state index >= 15 is 0 Å². The summed E-state index contributed by atoms with van der Waals surface area (Å²) in [6, 6.07) is 1.98. The maximum absolute atomic E-state index is 13.2. The van der Waals surface area contributed by atoms with E-state index in [1.165, 1.54) is 43.1 Å². The lowest BCUT2D eigenvalue weighted by molar-refractivity contribution is -0.133. The maximum atomic E-state index is 13.2. The monoisotopic (exact) mass is 410 g/mol. The van der Waals surface area contributed by atoms with E-state index in [1.54, 1.807) is 0 Å².